The lowest BCUT2D eigenvalue weighted by molar-refractivity contribution is 0.142. The van der Waals surface area contributed by atoms with E-state index in [0.29, 0.717) is 28.2 Å². The predicted molar refractivity (Wildman–Crippen MR) is 113 cm³/mol. The number of carbonyl (C=O) groups is 1. The number of hydrogen-bond donors (Lipinski definition) is 2. The number of rotatable bonds is 6. The second-order valence-corrected chi connectivity index (χ2v) is 7.71. The van der Waals surface area contributed by atoms with Gasteiger partial charge in [-0.05, 0) is 45.0 Å². The minimum Gasteiger partial charge on any atom is -0.447 e. The lowest BCUT2D eigenvalue weighted by atomic mass is 10.2. The Kier molecular flexibility index (Phi) is 5.75. The number of hydrogen-bond acceptors (Lipinski definition) is 9. The molecule has 31 heavy (non-hydrogen) atoms. The molecule has 1 saturated heterocycles. The zero-order chi connectivity index (χ0) is 22.1. The van der Waals surface area contributed by atoms with E-state index in [-0.39, 0.29) is 12.6 Å². The Morgan fingerprint density at radius 3 is 2.68 bits per heavy atom. The Bertz CT molecular complexity index is 1090. The van der Waals surface area contributed by atoms with Crippen molar-refractivity contribution in [2.24, 2.45) is 0 Å². The van der Waals surface area contributed by atoms with E-state index >= 15 is 0 Å². The fourth-order valence-electron chi connectivity index (χ4n) is 3.18. The molecule has 162 valence electrons. The zero-order valence-electron chi connectivity index (χ0n) is 17.1. The van der Waals surface area contributed by atoms with Crippen LogP contribution in [0.25, 0.3) is 11.4 Å². The number of nitrogens with zero attached hydrogens (tertiary/aromatic N) is 5. The number of carbonyl (C=O) groups excluding carboxylic acids is 1. The number of benzene rings is 1. The van der Waals surface area contributed by atoms with E-state index in [4.69, 9.17) is 20.9 Å². The Hall–Kier alpha value is -3.24. The zero-order valence-corrected chi connectivity index (χ0v) is 17.9. The van der Waals surface area contributed by atoms with Crippen molar-refractivity contribution in [3.63, 3.8) is 0 Å². The average molecular weight is 445 g/mol. The van der Waals surface area contributed by atoms with Crippen LogP contribution in [0.2, 0.25) is 5.02 Å². The number of aliphatic hydroxyl groups excluding tert-OH is 1. The predicted octanol–water partition coefficient (Wildman–Crippen LogP) is 3.37. The number of aliphatic hydroxyl groups is 1. The molecule has 1 fully saturated rings. The third-order valence-electron chi connectivity index (χ3n) is 4.81. The summed E-state index contributed by atoms with van der Waals surface area (Å²) in [5.41, 5.74) is 1.41. The lowest BCUT2D eigenvalue weighted by Gasteiger charge is -2.23. The van der Waals surface area contributed by atoms with Gasteiger partial charge in [0.1, 0.15) is 24.5 Å². The summed E-state index contributed by atoms with van der Waals surface area (Å²) in [6.07, 6.45) is -1.34. The van der Waals surface area contributed by atoms with Crippen LogP contribution < -0.4 is 10.2 Å². The minimum absolute atomic E-state index is 0.0914. The first kappa shape index (κ1) is 21.0. The van der Waals surface area contributed by atoms with Gasteiger partial charge in [-0.1, -0.05) is 16.8 Å². The van der Waals surface area contributed by atoms with Gasteiger partial charge in [0.25, 0.3) is 0 Å². The van der Waals surface area contributed by atoms with Crippen molar-refractivity contribution in [1.29, 1.82) is 0 Å². The van der Waals surface area contributed by atoms with E-state index in [1.165, 1.54) is 4.90 Å². The number of nitrogens with one attached hydrogen (secondary N) is 1. The van der Waals surface area contributed by atoms with Crippen molar-refractivity contribution in [1.82, 2.24) is 20.1 Å². The molecule has 11 heteroatoms. The van der Waals surface area contributed by atoms with Crippen LogP contribution in [-0.4, -0.2) is 50.1 Å². The maximum atomic E-state index is 12.2. The summed E-state index contributed by atoms with van der Waals surface area (Å²) >= 11 is 5.92. The quantitative estimate of drug-likeness (QED) is 0.588. The summed E-state index contributed by atoms with van der Waals surface area (Å²) in [6, 6.07) is 7.84. The first-order valence-electron chi connectivity index (χ1n) is 9.67. The number of aromatic nitrogens is 4. The molecule has 0 radical (unpaired) electrons. The number of ether oxygens (including phenoxy) is 1. The monoisotopic (exact) mass is 444 g/mol. The van der Waals surface area contributed by atoms with Crippen LogP contribution in [0.5, 0.6) is 0 Å². The van der Waals surface area contributed by atoms with Crippen LogP contribution in [0.3, 0.4) is 0 Å². The smallest absolute Gasteiger partial charge is 0.416 e. The summed E-state index contributed by atoms with van der Waals surface area (Å²) in [4.78, 5) is 26.7. The minimum atomic E-state index is -0.776. The van der Waals surface area contributed by atoms with Crippen LogP contribution in [0, 0.1) is 6.92 Å². The molecule has 0 saturated carbocycles. The molecule has 0 bridgehead atoms. The van der Waals surface area contributed by atoms with E-state index in [9.17, 15) is 9.90 Å². The van der Waals surface area contributed by atoms with E-state index in [1.807, 2.05) is 6.92 Å². The van der Waals surface area contributed by atoms with Gasteiger partial charge >= 0.3 is 6.09 Å². The van der Waals surface area contributed by atoms with Crippen molar-refractivity contribution in [2.45, 2.75) is 39.0 Å². The summed E-state index contributed by atoms with van der Waals surface area (Å²) in [5, 5.41) is 17.7. The lowest BCUT2D eigenvalue weighted by Crippen LogP contribution is -2.41. The standard InChI is InChI=1S/C20H21ClN6O4/c1-10-8-16(27-15(12(3)28)9-30-20(27)29)24-19(22-10)23-11(2)18-25-17(26-31-18)13-4-6-14(21)7-5-13/h4-8,11-12,15,28H,9H2,1-3H3,(H,22,23,24)/t11-,12+,15+/m0/s1. The summed E-state index contributed by atoms with van der Waals surface area (Å²) in [7, 11) is 0. The molecule has 3 atom stereocenters. The first-order chi connectivity index (χ1) is 14.8. The molecule has 2 N–H and O–H groups in total. The van der Waals surface area contributed by atoms with Gasteiger partial charge in [-0.15, -0.1) is 0 Å². The second-order valence-electron chi connectivity index (χ2n) is 7.28. The molecule has 2 aromatic heterocycles. The third-order valence-corrected chi connectivity index (χ3v) is 5.06. The van der Waals surface area contributed by atoms with Gasteiger partial charge in [-0.25, -0.2) is 9.78 Å². The Balaban J connectivity index is 1.54. The normalized spacial score (nSPS) is 18.0. The number of anilines is 2. The van der Waals surface area contributed by atoms with Gasteiger partial charge in [-0.3, -0.25) is 4.90 Å². The molecule has 4 rings (SSSR count). The maximum Gasteiger partial charge on any atom is 0.416 e. The molecule has 3 heterocycles. The Morgan fingerprint density at radius 1 is 1.23 bits per heavy atom. The number of amides is 1. The van der Waals surface area contributed by atoms with E-state index in [2.05, 4.69) is 25.4 Å². The van der Waals surface area contributed by atoms with Gasteiger partial charge in [0.05, 0.1) is 6.10 Å². The summed E-state index contributed by atoms with van der Waals surface area (Å²) < 4.78 is 10.5. The SMILES string of the molecule is Cc1cc(N2C(=O)OC[C@@H]2[C@@H](C)O)nc(N[C@@H](C)c2nc(-c3ccc(Cl)cc3)no2)n1. The maximum absolute atomic E-state index is 12.2. The average Bonchev–Trinajstić information content (AvgIpc) is 3.35. The van der Waals surface area contributed by atoms with Gasteiger partial charge in [-0.2, -0.15) is 9.97 Å². The highest BCUT2D eigenvalue weighted by atomic mass is 35.5. The molecule has 1 aliphatic rings. The third kappa shape index (κ3) is 4.44. The summed E-state index contributed by atoms with van der Waals surface area (Å²) in [5.74, 6) is 1.39. The highest BCUT2D eigenvalue weighted by Gasteiger charge is 2.38. The highest BCUT2D eigenvalue weighted by Crippen LogP contribution is 2.26. The summed E-state index contributed by atoms with van der Waals surface area (Å²) in [6.45, 7) is 5.30. The molecule has 10 nitrogen and oxygen atoms in total. The van der Waals surface area contributed by atoms with Crippen molar-refractivity contribution in [3.8, 4) is 11.4 Å². The molecule has 1 aromatic carbocycles. The fourth-order valence-corrected chi connectivity index (χ4v) is 3.30. The van der Waals surface area contributed by atoms with E-state index in [1.54, 1.807) is 44.2 Å². The van der Waals surface area contributed by atoms with Gasteiger partial charge in [0.15, 0.2) is 0 Å². The molecule has 0 unspecified atom stereocenters. The van der Waals surface area contributed by atoms with Crippen LogP contribution in [0.15, 0.2) is 34.9 Å². The van der Waals surface area contributed by atoms with Crippen LogP contribution in [-0.2, 0) is 4.74 Å². The molecular weight excluding hydrogens is 424 g/mol. The second kappa shape index (κ2) is 8.48. The van der Waals surface area contributed by atoms with E-state index in [0.717, 1.165) is 5.56 Å². The first-order valence-corrected chi connectivity index (χ1v) is 10.1. The van der Waals surface area contributed by atoms with Crippen LogP contribution in [0.1, 0.15) is 31.5 Å². The largest absolute Gasteiger partial charge is 0.447 e. The Morgan fingerprint density at radius 2 is 1.97 bits per heavy atom. The molecule has 0 spiro atoms. The molecule has 0 aliphatic carbocycles. The fraction of sp³-hybridized carbons (Fsp3) is 0.350. The topological polar surface area (TPSA) is 126 Å². The van der Waals surface area contributed by atoms with Crippen LogP contribution >= 0.6 is 11.6 Å². The van der Waals surface area contributed by atoms with Gasteiger partial charge in [0.2, 0.25) is 17.7 Å². The van der Waals surface area contributed by atoms with Crippen molar-refractivity contribution in [2.75, 3.05) is 16.8 Å². The van der Waals surface area contributed by atoms with Crippen molar-refractivity contribution < 1.29 is 19.2 Å². The molecule has 1 aliphatic heterocycles. The number of aryl methyl sites for hydroxylation is 1. The van der Waals surface area contributed by atoms with Gasteiger partial charge in [0, 0.05) is 22.3 Å². The highest BCUT2D eigenvalue weighted by molar-refractivity contribution is 6.30. The number of halogens is 1. The van der Waals surface area contributed by atoms with Crippen LogP contribution in [0.4, 0.5) is 16.6 Å². The van der Waals surface area contributed by atoms with E-state index < -0.39 is 24.3 Å². The van der Waals surface area contributed by atoms with Crippen molar-refractivity contribution >= 4 is 29.5 Å². The molecular formula is C20H21ClN6O4. The molecule has 1 amide bonds. The Labute approximate surface area is 183 Å². The van der Waals surface area contributed by atoms with Gasteiger partial charge < -0.3 is 19.7 Å². The molecule has 3 aromatic rings. The van der Waals surface area contributed by atoms with Crippen molar-refractivity contribution in [3.05, 3.63) is 46.9 Å². The number of cyclic esters (lactones) is 1.